The number of benzene rings is 2. The maximum atomic E-state index is 13.4. The van der Waals surface area contributed by atoms with Crippen LogP contribution in [0.5, 0.6) is 0 Å². The molecule has 2 N–H and O–H groups in total. The van der Waals surface area contributed by atoms with E-state index in [-0.39, 0.29) is 29.2 Å². The summed E-state index contributed by atoms with van der Waals surface area (Å²) in [5.41, 5.74) is 0.558. The molecule has 0 bridgehead atoms. The van der Waals surface area contributed by atoms with E-state index in [9.17, 15) is 23.7 Å². The smallest absolute Gasteiger partial charge is 0.354 e. The number of rotatable bonds is 5. The van der Waals surface area contributed by atoms with Crippen molar-refractivity contribution in [3.8, 4) is 0 Å². The van der Waals surface area contributed by atoms with Crippen molar-refractivity contribution in [3.63, 3.8) is 0 Å². The molecule has 7 nitrogen and oxygen atoms in total. The molecule has 0 aliphatic carbocycles. The van der Waals surface area contributed by atoms with Crippen LogP contribution in [0.25, 0.3) is 10.9 Å². The average molecular weight is 361 g/mol. The maximum absolute atomic E-state index is 13.4. The van der Waals surface area contributed by atoms with Gasteiger partial charge in [0, 0.05) is 28.9 Å². The predicted molar refractivity (Wildman–Crippen MR) is 90.6 cm³/mol. The van der Waals surface area contributed by atoms with Crippen molar-refractivity contribution in [1.82, 2.24) is 4.98 Å². The molecule has 2 aromatic carbocycles. The van der Waals surface area contributed by atoms with Gasteiger partial charge in [-0.05, 0) is 31.2 Å². The van der Waals surface area contributed by atoms with Crippen molar-refractivity contribution < 1.29 is 23.2 Å². The summed E-state index contributed by atoms with van der Waals surface area (Å²) in [5.74, 6) is -2.68. The fourth-order valence-corrected chi connectivity index (χ4v) is 2.51. The number of hydrogen-bond acceptors (Lipinski definition) is 5. The van der Waals surface area contributed by atoms with Crippen LogP contribution in [0.2, 0.25) is 0 Å². The van der Waals surface area contributed by atoms with Crippen LogP contribution in [0.15, 0.2) is 36.4 Å². The summed E-state index contributed by atoms with van der Waals surface area (Å²) >= 11 is 0. The van der Waals surface area contributed by atoms with Gasteiger partial charge in [0.15, 0.2) is 11.6 Å². The van der Waals surface area contributed by atoms with Crippen LogP contribution >= 0.6 is 0 Å². The number of nitrogens with zero attached hydrogens (tertiary/aromatic N) is 1. The molecule has 0 unspecified atom stereocenters. The van der Waals surface area contributed by atoms with Gasteiger partial charge in [-0.15, -0.1) is 0 Å². The van der Waals surface area contributed by atoms with E-state index in [0.717, 1.165) is 12.1 Å². The molecule has 0 saturated heterocycles. The molecule has 0 atom stereocenters. The SMILES string of the molecule is CCOC(=O)c1cc2c(Nc3ccc(F)c(F)c3)ccc([N+](=O)[O-])c2[nH]1. The lowest BCUT2D eigenvalue weighted by Crippen LogP contribution is -2.04. The molecule has 0 radical (unpaired) electrons. The Balaban J connectivity index is 2.10. The first-order valence-electron chi connectivity index (χ1n) is 7.60. The third-order valence-corrected chi connectivity index (χ3v) is 3.66. The molecule has 1 aromatic heterocycles. The number of hydrogen-bond donors (Lipinski definition) is 2. The molecule has 9 heteroatoms. The van der Waals surface area contributed by atoms with Gasteiger partial charge in [0.2, 0.25) is 0 Å². The number of halogens is 2. The monoisotopic (exact) mass is 361 g/mol. The fraction of sp³-hybridized carbons (Fsp3) is 0.118. The molecular formula is C17H13F2N3O4. The van der Waals surface area contributed by atoms with Crippen molar-refractivity contribution in [2.45, 2.75) is 6.92 Å². The van der Waals surface area contributed by atoms with Crippen LogP contribution in [-0.4, -0.2) is 22.5 Å². The zero-order chi connectivity index (χ0) is 18.8. The highest BCUT2D eigenvalue weighted by molar-refractivity contribution is 6.04. The average Bonchev–Trinajstić information content (AvgIpc) is 3.04. The van der Waals surface area contributed by atoms with Crippen LogP contribution in [0, 0.1) is 21.7 Å². The minimum Gasteiger partial charge on any atom is -0.461 e. The maximum Gasteiger partial charge on any atom is 0.354 e. The van der Waals surface area contributed by atoms with Gasteiger partial charge >= 0.3 is 5.97 Å². The van der Waals surface area contributed by atoms with E-state index in [1.165, 1.54) is 24.3 Å². The number of nitrogens with one attached hydrogen (secondary N) is 2. The minimum absolute atomic E-state index is 0.0458. The zero-order valence-electron chi connectivity index (χ0n) is 13.5. The molecule has 0 saturated carbocycles. The molecule has 1 heterocycles. The summed E-state index contributed by atoms with van der Waals surface area (Å²) in [6, 6.07) is 7.32. The summed E-state index contributed by atoms with van der Waals surface area (Å²) in [6.45, 7) is 1.79. The number of H-pyrrole nitrogens is 1. The summed E-state index contributed by atoms with van der Waals surface area (Å²) in [5, 5.41) is 14.4. The molecular weight excluding hydrogens is 348 g/mol. The lowest BCUT2D eigenvalue weighted by molar-refractivity contribution is -0.383. The lowest BCUT2D eigenvalue weighted by atomic mass is 10.1. The van der Waals surface area contributed by atoms with Gasteiger partial charge in [0.1, 0.15) is 11.2 Å². The van der Waals surface area contributed by atoms with Gasteiger partial charge in [-0.1, -0.05) is 0 Å². The highest BCUT2D eigenvalue weighted by atomic mass is 19.2. The van der Waals surface area contributed by atoms with E-state index in [4.69, 9.17) is 4.74 Å². The Morgan fingerprint density at radius 1 is 1.23 bits per heavy atom. The van der Waals surface area contributed by atoms with Crippen LogP contribution in [0.3, 0.4) is 0 Å². The van der Waals surface area contributed by atoms with E-state index in [0.29, 0.717) is 11.1 Å². The largest absolute Gasteiger partial charge is 0.461 e. The van der Waals surface area contributed by atoms with Gasteiger partial charge in [0.05, 0.1) is 11.5 Å². The van der Waals surface area contributed by atoms with Crippen LogP contribution < -0.4 is 5.32 Å². The topological polar surface area (TPSA) is 97.3 Å². The Morgan fingerprint density at radius 3 is 2.65 bits per heavy atom. The number of nitro benzene ring substituents is 1. The summed E-state index contributed by atoms with van der Waals surface area (Å²) in [7, 11) is 0. The van der Waals surface area contributed by atoms with E-state index in [1.807, 2.05) is 0 Å². The van der Waals surface area contributed by atoms with Crippen molar-refractivity contribution in [2.24, 2.45) is 0 Å². The minimum atomic E-state index is -1.03. The normalized spacial score (nSPS) is 10.7. The Morgan fingerprint density at radius 2 is 2.00 bits per heavy atom. The lowest BCUT2D eigenvalue weighted by Gasteiger charge is -2.08. The highest BCUT2D eigenvalue weighted by Crippen LogP contribution is 2.34. The Kier molecular flexibility index (Phi) is 4.53. The highest BCUT2D eigenvalue weighted by Gasteiger charge is 2.20. The van der Waals surface area contributed by atoms with Crippen LogP contribution in [0.4, 0.5) is 25.8 Å². The second-order valence-electron chi connectivity index (χ2n) is 5.34. The number of ether oxygens (including phenoxy) is 1. The molecule has 0 amide bonds. The Hall–Kier alpha value is -3.49. The van der Waals surface area contributed by atoms with Gasteiger partial charge < -0.3 is 15.0 Å². The number of anilines is 2. The van der Waals surface area contributed by atoms with Crippen molar-refractivity contribution in [1.29, 1.82) is 0 Å². The fourth-order valence-electron chi connectivity index (χ4n) is 2.51. The summed E-state index contributed by atoms with van der Waals surface area (Å²) in [4.78, 5) is 25.2. The van der Waals surface area contributed by atoms with E-state index in [1.54, 1.807) is 6.92 Å². The third-order valence-electron chi connectivity index (χ3n) is 3.66. The third kappa shape index (κ3) is 3.18. The van der Waals surface area contributed by atoms with Gasteiger partial charge in [-0.3, -0.25) is 10.1 Å². The number of esters is 1. The number of carbonyl (C=O) groups excluding carboxylic acids is 1. The first-order valence-corrected chi connectivity index (χ1v) is 7.60. The van der Waals surface area contributed by atoms with E-state index < -0.39 is 22.5 Å². The Labute approximate surface area is 145 Å². The second-order valence-corrected chi connectivity index (χ2v) is 5.34. The summed E-state index contributed by atoms with van der Waals surface area (Å²) in [6.07, 6.45) is 0. The zero-order valence-corrected chi connectivity index (χ0v) is 13.5. The van der Waals surface area contributed by atoms with Crippen molar-refractivity contribution in [3.05, 3.63) is 63.8 Å². The van der Waals surface area contributed by atoms with Crippen LogP contribution in [0.1, 0.15) is 17.4 Å². The number of non-ortho nitro benzene ring substituents is 1. The van der Waals surface area contributed by atoms with Crippen molar-refractivity contribution in [2.75, 3.05) is 11.9 Å². The van der Waals surface area contributed by atoms with Crippen molar-refractivity contribution >= 4 is 33.9 Å². The number of aromatic amines is 1. The van der Waals surface area contributed by atoms with Gasteiger partial charge in [-0.25, -0.2) is 13.6 Å². The molecule has 0 aliphatic rings. The standard InChI is InChI=1S/C17H13F2N3O4/c1-2-26-17(23)14-8-10-13(5-6-15(22(24)25)16(10)21-14)20-9-3-4-11(18)12(19)7-9/h3-8,20-21H,2H2,1H3. The number of fused-ring (bicyclic) bond motifs is 1. The van der Waals surface area contributed by atoms with Gasteiger partial charge in [-0.2, -0.15) is 0 Å². The molecule has 0 spiro atoms. The van der Waals surface area contributed by atoms with E-state index in [2.05, 4.69) is 10.3 Å². The quantitative estimate of drug-likeness (QED) is 0.402. The second kappa shape index (κ2) is 6.79. The first kappa shape index (κ1) is 17.3. The molecule has 0 fully saturated rings. The predicted octanol–water partition coefficient (Wildman–Crippen LogP) is 4.27. The van der Waals surface area contributed by atoms with Crippen LogP contribution in [-0.2, 0) is 4.74 Å². The first-order chi connectivity index (χ1) is 12.4. The summed E-state index contributed by atoms with van der Waals surface area (Å²) < 4.78 is 31.3. The molecule has 3 rings (SSSR count). The Bertz CT molecular complexity index is 1020. The molecule has 0 aliphatic heterocycles. The number of nitro groups is 1. The van der Waals surface area contributed by atoms with E-state index >= 15 is 0 Å². The van der Waals surface area contributed by atoms with Gasteiger partial charge in [0.25, 0.3) is 5.69 Å². The number of aromatic nitrogens is 1. The molecule has 134 valence electrons. The molecule has 3 aromatic rings. The molecule has 26 heavy (non-hydrogen) atoms. The number of carbonyl (C=O) groups is 1.